The zero-order valence-electron chi connectivity index (χ0n) is 12.6. The fourth-order valence-electron chi connectivity index (χ4n) is 3.77. The summed E-state index contributed by atoms with van der Waals surface area (Å²) in [5, 5.41) is 0. The Labute approximate surface area is 129 Å². The van der Waals surface area contributed by atoms with E-state index in [1.54, 1.807) is 4.90 Å². The molecule has 1 aromatic rings. The van der Waals surface area contributed by atoms with Crippen molar-refractivity contribution in [3.8, 4) is 0 Å². The van der Waals surface area contributed by atoms with Gasteiger partial charge in [-0.15, -0.1) is 0 Å². The molecule has 5 nitrogen and oxygen atoms in total. The van der Waals surface area contributed by atoms with E-state index in [4.69, 9.17) is 14.2 Å². The number of rotatable bonds is 0. The number of amides is 1. The molecular weight excluding hydrogens is 282 g/mol. The molecule has 4 rings (SSSR count). The van der Waals surface area contributed by atoms with E-state index in [1.165, 1.54) is 12.7 Å². The van der Waals surface area contributed by atoms with Gasteiger partial charge in [0.2, 0.25) is 0 Å². The Morgan fingerprint density at radius 1 is 1.18 bits per heavy atom. The van der Waals surface area contributed by atoms with Crippen molar-refractivity contribution >= 4 is 11.8 Å². The van der Waals surface area contributed by atoms with Gasteiger partial charge in [-0.25, -0.2) is 4.79 Å². The molecule has 0 saturated carbocycles. The molecule has 1 fully saturated rings. The zero-order valence-corrected chi connectivity index (χ0v) is 12.6. The molecule has 1 amide bonds. The smallest absolute Gasteiger partial charge is 0.414 e. The maximum absolute atomic E-state index is 12.1. The van der Waals surface area contributed by atoms with Crippen LogP contribution in [0.15, 0.2) is 36.4 Å². The minimum atomic E-state index is -0.557. The molecule has 2 aliphatic heterocycles. The monoisotopic (exact) mass is 301 g/mol. The number of para-hydroxylation sites is 1. The van der Waals surface area contributed by atoms with Crippen LogP contribution in [0.2, 0.25) is 0 Å². The van der Waals surface area contributed by atoms with E-state index in [9.17, 15) is 4.79 Å². The topological polar surface area (TPSA) is 48.0 Å². The van der Waals surface area contributed by atoms with E-state index >= 15 is 0 Å². The van der Waals surface area contributed by atoms with Crippen molar-refractivity contribution in [3.05, 3.63) is 42.0 Å². The lowest BCUT2D eigenvalue weighted by Crippen LogP contribution is -2.41. The Morgan fingerprint density at radius 2 is 1.95 bits per heavy atom. The second-order valence-electron chi connectivity index (χ2n) is 6.07. The summed E-state index contributed by atoms with van der Waals surface area (Å²) < 4.78 is 16.4. The Hall–Kier alpha value is -1.85. The third-order valence-electron chi connectivity index (χ3n) is 4.92. The maximum Gasteiger partial charge on any atom is 0.414 e. The number of benzene rings is 1. The van der Waals surface area contributed by atoms with Crippen LogP contribution >= 0.6 is 0 Å². The first-order chi connectivity index (χ1) is 10.7. The van der Waals surface area contributed by atoms with Gasteiger partial charge < -0.3 is 14.2 Å². The molecule has 22 heavy (non-hydrogen) atoms. The van der Waals surface area contributed by atoms with Crippen molar-refractivity contribution in [1.29, 1.82) is 0 Å². The highest BCUT2D eigenvalue weighted by atomic mass is 16.7. The molecule has 3 aliphatic rings. The van der Waals surface area contributed by atoms with Gasteiger partial charge in [0, 0.05) is 18.4 Å². The Balaban J connectivity index is 1.73. The minimum Gasteiger partial charge on any atom is -0.452 e. The van der Waals surface area contributed by atoms with Gasteiger partial charge in [0.15, 0.2) is 5.79 Å². The summed E-state index contributed by atoms with van der Waals surface area (Å²) in [7, 11) is 1.42. The van der Waals surface area contributed by atoms with Crippen LogP contribution in [0.4, 0.5) is 10.5 Å². The van der Waals surface area contributed by atoms with Crippen LogP contribution in [0.5, 0.6) is 0 Å². The van der Waals surface area contributed by atoms with Crippen molar-refractivity contribution in [3.63, 3.8) is 0 Å². The number of carbonyl (C=O) groups excluding carboxylic acids is 1. The predicted octanol–water partition coefficient (Wildman–Crippen LogP) is 2.60. The van der Waals surface area contributed by atoms with Gasteiger partial charge >= 0.3 is 6.09 Å². The lowest BCUT2D eigenvalue weighted by atomic mass is 9.73. The van der Waals surface area contributed by atoms with Gasteiger partial charge in [-0.05, 0) is 24.1 Å². The van der Waals surface area contributed by atoms with E-state index in [0.717, 1.165) is 18.5 Å². The summed E-state index contributed by atoms with van der Waals surface area (Å²) in [5.41, 5.74) is 1.93. The molecule has 1 unspecified atom stereocenters. The van der Waals surface area contributed by atoms with Gasteiger partial charge in [0.1, 0.15) is 0 Å². The average molecular weight is 301 g/mol. The van der Waals surface area contributed by atoms with Crippen LogP contribution < -0.4 is 4.90 Å². The molecule has 1 aromatic carbocycles. The summed E-state index contributed by atoms with van der Waals surface area (Å²) in [6.45, 7) is 1.88. The van der Waals surface area contributed by atoms with Gasteiger partial charge in [-0.1, -0.05) is 24.3 Å². The van der Waals surface area contributed by atoms with E-state index in [-0.39, 0.29) is 11.5 Å². The van der Waals surface area contributed by atoms with E-state index in [0.29, 0.717) is 19.8 Å². The standard InChI is InChI=1S/C17H19NO4/c1-20-15(19)18-12-16(13-4-2-3-5-14(13)18)6-8-17(9-7-16)21-10-11-22-17/h2-6,8H,7,9-12H2,1H3. The molecule has 1 atom stereocenters. The zero-order chi connectivity index (χ0) is 15.2. The molecule has 116 valence electrons. The summed E-state index contributed by atoms with van der Waals surface area (Å²) in [6, 6.07) is 8.03. The first-order valence-electron chi connectivity index (χ1n) is 7.61. The van der Waals surface area contributed by atoms with Crippen LogP contribution in [0.25, 0.3) is 0 Å². The molecule has 0 bridgehead atoms. The number of fused-ring (bicyclic) bond motifs is 2. The molecule has 0 N–H and O–H groups in total. The van der Waals surface area contributed by atoms with Crippen molar-refractivity contribution < 1.29 is 19.0 Å². The van der Waals surface area contributed by atoms with Crippen LogP contribution in [-0.4, -0.2) is 38.7 Å². The number of ether oxygens (including phenoxy) is 3. The van der Waals surface area contributed by atoms with Crippen molar-refractivity contribution in [2.45, 2.75) is 24.0 Å². The van der Waals surface area contributed by atoms with E-state index < -0.39 is 5.79 Å². The quantitative estimate of drug-likeness (QED) is 0.691. The highest BCUT2D eigenvalue weighted by molar-refractivity contribution is 5.91. The lowest BCUT2D eigenvalue weighted by Gasteiger charge is -2.36. The fraction of sp³-hybridized carbons (Fsp3) is 0.471. The highest BCUT2D eigenvalue weighted by Crippen LogP contribution is 2.49. The molecule has 1 aliphatic carbocycles. The van der Waals surface area contributed by atoms with E-state index in [1.807, 2.05) is 24.3 Å². The Bertz CT molecular complexity index is 635. The van der Waals surface area contributed by atoms with Crippen LogP contribution in [0.1, 0.15) is 18.4 Å². The third kappa shape index (κ3) is 1.89. The predicted molar refractivity (Wildman–Crippen MR) is 80.9 cm³/mol. The van der Waals surface area contributed by atoms with Gasteiger partial charge in [-0.3, -0.25) is 4.90 Å². The highest BCUT2D eigenvalue weighted by Gasteiger charge is 2.49. The molecule has 0 radical (unpaired) electrons. The number of anilines is 1. The number of hydrogen-bond acceptors (Lipinski definition) is 4. The number of nitrogens with zero attached hydrogens (tertiary/aromatic N) is 1. The summed E-state index contributed by atoms with van der Waals surface area (Å²) in [5.74, 6) is -0.557. The normalized spacial score (nSPS) is 28.3. The Morgan fingerprint density at radius 3 is 2.64 bits per heavy atom. The number of hydrogen-bond donors (Lipinski definition) is 0. The molecule has 5 heteroatoms. The SMILES string of the molecule is COC(=O)N1CC2(C=CC3(CC2)OCCO3)c2ccccc21. The molecule has 2 heterocycles. The van der Waals surface area contributed by atoms with Crippen LogP contribution in [-0.2, 0) is 19.6 Å². The van der Waals surface area contributed by atoms with Gasteiger partial charge in [-0.2, -0.15) is 0 Å². The van der Waals surface area contributed by atoms with Crippen LogP contribution in [0.3, 0.4) is 0 Å². The molecular formula is C17H19NO4. The molecule has 1 saturated heterocycles. The maximum atomic E-state index is 12.1. The minimum absolute atomic E-state index is 0.175. The summed E-state index contributed by atoms with van der Waals surface area (Å²) >= 11 is 0. The van der Waals surface area contributed by atoms with Crippen molar-refractivity contribution in [2.75, 3.05) is 31.8 Å². The van der Waals surface area contributed by atoms with Crippen molar-refractivity contribution in [2.24, 2.45) is 0 Å². The van der Waals surface area contributed by atoms with Gasteiger partial charge in [0.05, 0.1) is 26.0 Å². The van der Waals surface area contributed by atoms with E-state index in [2.05, 4.69) is 12.1 Å². The third-order valence-corrected chi connectivity index (χ3v) is 4.92. The van der Waals surface area contributed by atoms with Crippen LogP contribution in [0, 0.1) is 0 Å². The first kappa shape index (κ1) is 13.8. The van der Waals surface area contributed by atoms with Gasteiger partial charge in [0.25, 0.3) is 0 Å². The fourth-order valence-corrected chi connectivity index (χ4v) is 3.77. The van der Waals surface area contributed by atoms with Crippen molar-refractivity contribution in [1.82, 2.24) is 0 Å². The molecule has 0 aromatic heterocycles. The first-order valence-corrected chi connectivity index (χ1v) is 7.61. The largest absolute Gasteiger partial charge is 0.452 e. The Kier molecular flexibility index (Phi) is 3.03. The lowest BCUT2D eigenvalue weighted by molar-refractivity contribution is -0.128. The molecule has 2 spiro atoms. The number of carbonyl (C=O) groups is 1. The second-order valence-corrected chi connectivity index (χ2v) is 6.07. The second kappa shape index (κ2) is 4.83. The average Bonchev–Trinajstić information content (AvgIpc) is 3.14. The number of methoxy groups -OCH3 is 1. The summed E-state index contributed by atoms with van der Waals surface area (Å²) in [6.07, 6.45) is 5.55. The summed E-state index contributed by atoms with van der Waals surface area (Å²) in [4.78, 5) is 13.8.